The SMILES string of the molecule is CN(C)c1cc2[nH]cc(C(=O)O)c(=O)c2cc1CCCOCCC(=O)O. The number of carbonyl (C=O) groups is 2. The van der Waals surface area contributed by atoms with E-state index in [2.05, 4.69) is 4.98 Å². The molecule has 1 aromatic carbocycles. The topological polar surface area (TPSA) is 120 Å². The van der Waals surface area contributed by atoms with Crippen LogP contribution < -0.4 is 10.3 Å². The molecule has 0 atom stereocenters. The van der Waals surface area contributed by atoms with Crippen molar-refractivity contribution in [1.29, 1.82) is 0 Å². The van der Waals surface area contributed by atoms with Crippen molar-refractivity contribution in [2.24, 2.45) is 0 Å². The summed E-state index contributed by atoms with van der Waals surface area (Å²) in [5, 5.41) is 18.0. The summed E-state index contributed by atoms with van der Waals surface area (Å²) in [6.07, 6.45) is 2.45. The summed E-state index contributed by atoms with van der Waals surface area (Å²) < 4.78 is 5.29. The minimum absolute atomic E-state index is 0.0355. The van der Waals surface area contributed by atoms with Crippen LogP contribution in [0.3, 0.4) is 0 Å². The third kappa shape index (κ3) is 4.60. The minimum Gasteiger partial charge on any atom is -0.481 e. The molecule has 0 radical (unpaired) electrons. The Balaban J connectivity index is 2.24. The Morgan fingerprint density at radius 3 is 2.54 bits per heavy atom. The number of aliphatic carboxylic acids is 1. The molecular weight excluding hydrogens is 340 g/mol. The first-order chi connectivity index (χ1) is 12.3. The summed E-state index contributed by atoms with van der Waals surface area (Å²) in [7, 11) is 3.77. The number of pyridine rings is 1. The van der Waals surface area contributed by atoms with Crippen LogP contribution in [0.15, 0.2) is 23.1 Å². The first-order valence-electron chi connectivity index (χ1n) is 8.19. The summed E-state index contributed by atoms with van der Waals surface area (Å²) >= 11 is 0. The lowest BCUT2D eigenvalue weighted by molar-refractivity contribution is -0.138. The highest BCUT2D eigenvalue weighted by Gasteiger charge is 2.14. The molecule has 0 saturated carbocycles. The maximum Gasteiger partial charge on any atom is 0.341 e. The number of fused-ring (bicyclic) bond motifs is 1. The van der Waals surface area contributed by atoms with Crippen LogP contribution in [0.2, 0.25) is 0 Å². The number of aromatic amines is 1. The van der Waals surface area contributed by atoms with E-state index in [-0.39, 0.29) is 18.6 Å². The van der Waals surface area contributed by atoms with E-state index in [1.807, 2.05) is 25.1 Å². The van der Waals surface area contributed by atoms with Gasteiger partial charge in [0, 0.05) is 38.0 Å². The Kier molecular flexibility index (Phi) is 6.35. The molecule has 26 heavy (non-hydrogen) atoms. The number of H-pyrrole nitrogens is 1. The van der Waals surface area contributed by atoms with E-state index < -0.39 is 17.4 Å². The van der Waals surface area contributed by atoms with E-state index in [1.165, 1.54) is 6.20 Å². The van der Waals surface area contributed by atoms with Gasteiger partial charge in [-0.25, -0.2) is 4.79 Å². The molecule has 0 aliphatic carbocycles. The van der Waals surface area contributed by atoms with Gasteiger partial charge < -0.3 is 24.8 Å². The van der Waals surface area contributed by atoms with E-state index in [0.29, 0.717) is 30.4 Å². The number of benzene rings is 1. The van der Waals surface area contributed by atoms with Crippen LogP contribution in [0, 0.1) is 0 Å². The van der Waals surface area contributed by atoms with Crippen molar-refractivity contribution in [2.45, 2.75) is 19.3 Å². The van der Waals surface area contributed by atoms with Gasteiger partial charge in [-0.05, 0) is 30.5 Å². The highest BCUT2D eigenvalue weighted by molar-refractivity contribution is 5.93. The van der Waals surface area contributed by atoms with Gasteiger partial charge in [0.25, 0.3) is 0 Å². The van der Waals surface area contributed by atoms with Crippen LogP contribution >= 0.6 is 0 Å². The molecule has 3 N–H and O–H groups in total. The van der Waals surface area contributed by atoms with Crippen LogP contribution in [0.1, 0.15) is 28.8 Å². The number of carboxylic acid groups (broad SMARTS) is 2. The highest BCUT2D eigenvalue weighted by atomic mass is 16.5. The van der Waals surface area contributed by atoms with Crippen molar-refractivity contribution in [3.63, 3.8) is 0 Å². The van der Waals surface area contributed by atoms with Gasteiger partial charge in [-0.3, -0.25) is 9.59 Å². The van der Waals surface area contributed by atoms with Crippen molar-refractivity contribution >= 4 is 28.5 Å². The van der Waals surface area contributed by atoms with Gasteiger partial charge in [-0.15, -0.1) is 0 Å². The molecule has 1 heterocycles. The van der Waals surface area contributed by atoms with E-state index in [1.54, 1.807) is 6.07 Å². The Labute approximate surface area is 150 Å². The molecule has 0 unspecified atom stereocenters. The van der Waals surface area contributed by atoms with Crippen LogP contribution in [-0.2, 0) is 16.0 Å². The van der Waals surface area contributed by atoms with Gasteiger partial charge in [-0.2, -0.15) is 0 Å². The van der Waals surface area contributed by atoms with Crippen molar-refractivity contribution in [3.05, 3.63) is 39.7 Å². The second-order valence-electron chi connectivity index (χ2n) is 6.12. The van der Waals surface area contributed by atoms with Crippen LogP contribution in [0.4, 0.5) is 5.69 Å². The van der Waals surface area contributed by atoms with Gasteiger partial charge in [0.2, 0.25) is 5.43 Å². The van der Waals surface area contributed by atoms with Crippen LogP contribution in [0.25, 0.3) is 10.9 Å². The normalized spacial score (nSPS) is 10.8. The number of hydrogen-bond donors (Lipinski definition) is 3. The summed E-state index contributed by atoms with van der Waals surface area (Å²) in [4.78, 5) is 38.8. The van der Waals surface area contributed by atoms with Crippen molar-refractivity contribution in [2.75, 3.05) is 32.2 Å². The predicted octanol–water partition coefficient (Wildman–Crippen LogP) is 1.72. The smallest absolute Gasteiger partial charge is 0.341 e. The number of carboxylic acids is 2. The zero-order valence-electron chi connectivity index (χ0n) is 14.7. The summed E-state index contributed by atoms with van der Waals surface area (Å²) in [6, 6.07) is 3.54. The number of aromatic carboxylic acids is 1. The lowest BCUT2D eigenvalue weighted by Gasteiger charge is -2.18. The number of nitrogens with zero attached hydrogens (tertiary/aromatic N) is 1. The number of ether oxygens (including phenoxy) is 1. The number of rotatable bonds is 9. The summed E-state index contributed by atoms with van der Waals surface area (Å²) in [6.45, 7) is 0.568. The molecule has 2 rings (SSSR count). The highest BCUT2D eigenvalue weighted by Crippen LogP contribution is 2.25. The molecule has 0 aliphatic heterocycles. The minimum atomic E-state index is -1.27. The standard InChI is InChI=1S/C18H22N2O6/c1-20(2)15-9-14-12(17(23)13(10-19-14)18(24)25)8-11(15)4-3-6-26-7-5-16(21)22/h8-10H,3-7H2,1-2H3,(H,19,23)(H,21,22)(H,24,25). The third-order valence-electron chi connectivity index (χ3n) is 3.99. The molecule has 0 saturated heterocycles. The molecule has 8 heteroatoms. The Morgan fingerprint density at radius 1 is 1.19 bits per heavy atom. The number of nitrogens with one attached hydrogen (secondary N) is 1. The molecular formula is C18H22N2O6. The number of anilines is 1. The number of hydrogen-bond acceptors (Lipinski definition) is 5. The molecule has 0 aliphatic rings. The van der Waals surface area contributed by atoms with Gasteiger partial charge in [0.05, 0.1) is 18.5 Å². The van der Waals surface area contributed by atoms with E-state index >= 15 is 0 Å². The summed E-state index contributed by atoms with van der Waals surface area (Å²) in [5.74, 6) is -2.17. The number of aryl methyl sites for hydroxylation is 1. The Bertz CT molecular complexity index is 872. The zero-order valence-corrected chi connectivity index (χ0v) is 14.7. The lowest BCUT2D eigenvalue weighted by atomic mass is 10.0. The average molecular weight is 362 g/mol. The van der Waals surface area contributed by atoms with E-state index in [0.717, 1.165) is 11.3 Å². The Morgan fingerprint density at radius 2 is 1.92 bits per heavy atom. The fourth-order valence-electron chi connectivity index (χ4n) is 2.70. The average Bonchev–Trinajstić information content (AvgIpc) is 2.57. The molecule has 1 aromatic heterocycles. The first kappa shape index (κ1) is 19.5. The largest absolute Gasteiger partial charge is 0.481 e. The van der Waals surface area contributed by atoms with E-state index in [4.69, 9.17) is 14.9 Å². The van der Waals surface area contributed by atoms with Gasteiger partial charge >= 0.3 is 11.9 Å². The maximum absolute atomic E-state index is 12.4. The molecule has 0 fully saturated rings. The van der Waals surface area contributed by atoms with Crippen molar-refractivity contribution in [3.8, 4) is 0 Å². The van der Waals surface area contributed by atoms with Crippen molar-refractivity contribution in [1.82, 2.24) is 4.98 Å². The zero-order chi connectivity index (χ0) is 19.3. The molecule has 0 bridgehead atoms. The first-order valence-corrected chi connectivity index (χ1v) is 8.19. The fraction of sp³-hybridized carbons (Fsp3) is 0.389. The van der Waals surface area contributed by atoms with Gasteiger partial charge in [0.1, 0.15) is 5.56 Å². The van der Waals surface area contributed by atoms with Crippen LogP contribution in [-0.4, -0.2) is 54.4 Å². The fourth-order valence-corrected chi connectivity index (χ4v) is 2.70. The molecule has 2 aromatic rings. The Hall–Kier alpha value is -2.87. The van der Waals surface area contributed by atoms with Gasteiger partial charge in [0.15, 0.2) is 0 Å². The molecule has 0 amide bonds. The van der Waals surface area contributed by atoms with Gasteiger partial charge in [-0.1, -0.05) is 0 Å². The van der Waals surface area contributed by atoms with E-state index in [9.17, 15) is 14.4 Å². The second kappa shape index (κ2) is 8.48. The van der Waals surface area contributed by atoms with Crippen molar-refractivity contribution < 1.29 is 24.5 Å². The monoisotopic (exact) mass is 362 g/mol. The molecule has 140 valence electrons. The predicted molar refractivity (Wildman–Crippen MR) is 97.2 cm³/mol. The third-order valence-corrected chi connectivity index (χ3v) is 3.99. The second-order valence-corrected chi connectivity index (χ2v) is 6.12. The summed E-state index contributed by atoms with van der Waals surface area (Å²) in [5.41, 5.74) is 1.58. The van der Waals surface area contributed by atoms with Crippen LogP contribution in [0.5, 0.6) is 0 Å². The molecule has 8 nitrogen and oxygen atoms in total. The number of aromatic nitrogens is 1. The lowest BCUT2D eigenvalue weighted by Crippen LogP contribution is -2.17. The maximum atomic E-state index is 12.4. The quantitative estimate of drug-likeness (QED) is 0.581. The molecule has 0 spiro atoms.